The number of nitrogens with one attached hydrogen (secondary N) is 3. The third-order valence-corrected chi connectivity index (χ3v) is 6.02. The van der Waals surface area contributed by atoms with Crippen LogP contribution in [0.5, 0.6) is 0 Å². The van der Waals surface area contributed by atoms with Gasteiger partial charge < -0.3 is 5.32 Å². The van der Waals surface area contributed by atoms with Crippen molar-refractivity contribution < 1.29 is 14.4 Å². The normalized spacial score (nSPS) is 13.9. The fraction of sp³-hybridized carbons (Fsp3) is 0.412. The Morgan fingerprint density at radius 2 is 1.77 bits per heavy atom. The van der Waals surface area contributed by atoms with E-state index in [4.69, 9.17) is 0 Å². The number of carbonyl (C=O) groups excluding carboxylic acids is 3. The monoisotopic (exact) mass is 392 g/mol. The lowest BCUT2D eigenvalue weighted by atomic mass is 10.00. The topological polar surface area (TPSA) is 100 Å². The Balaban J connectivity index is 1.58. The number of carbonyl (C=O) groups is 3. The predicted molar refractivity (Wildman–Crippen MR) is 102 cm³/mol. The van der Waals surface area contributed by atoms with E-state index in [9.17, 15) is 14.4 Å². The molecule has 3 amide bonds. The molecule has 0 saturated heterocycles. The van der Waals surface area contributed by atoms with E-state index < -0.39 is 5.91 Å². The Bertz CT molecular complexity index is 802. The maximum Gasteiger partial charge on any atom is 0.289 e. The highest BCUT2D eigenvalue weighted by Crippen LogP contribution is 2.28. The third kappa shape index (κ3) is 4.67. The van der Waals surface area contributed by atoms with Gasteiger partial charge in [-0.3, -0.25) is 25.2 Å². The van der Waals surface area contributed by atoms with E-state index >= 15 is 0 Å². The molecule has 2 aromatic heterocycles. The third-order valence-electron chi connectivity index (χ3n) is 4.03. The van der Waals surface area contributed by atoms with Crippen molar-refractivity contribution in [2.75, 3.05) is 5.32 Å². The van der Waals surface area contributed by atoms with Gasteiger partial charge in [-0.25, -0.2) is 4.98 Å². The van der Waals surface area contributed by atoms with Crippen molar-refractivity contribution in [1.82, 2.24) is 15.8 Å². The van der Waals surface area contributed by atoms with Crippen LogP contribution in [0.2, 0.25) is 0 Å². The van der Waals surface area contributed by atoms with Crippen LogP contribution in [0.25, 0.3) is 0 Å². The van der Waals surface area contributed by atoms with Crippen LogP contribution in [-0.4, -0.2) is 22.7 Å². The van der Waals surface area contributed by atoms with E-state index in [-0.39, 0.29) is 17.5 Å². The van der Waals surface area contributed by atoms with E-state index in [0.29, 0.717) is 10.0 Å². The molecule has 9 heteroatoms. The molecule has 0 atom stereocenters. The van der Waals surface area contributed by atoms with E-state index in [1.165, 1.54) is 46.9 Å². The van der Waals surface area contributed by atoms with Gasteiger partial charge in [-0.2, -0.15) is 0 Å². The summed E-state index contributed by atoms with van der Waals surface area (Å²) in [4.78, 5) is 41.3. The van der Waals surface area contributed by atoms with Crippen LogP contribution in [0.4, 0.5) is 5.13 Å². The second-order valence-corrected chi connectivity index (χ2v) is 8.10. The molecule has 2 heterocycles. The lowest BCUT2D eigenvalue weighted by molar-refractivity contribution is -0.114. The summed E-state index contributed by atoms with van der Waals surface area (Å²) in [6.07, 6.45) is 6.82. The molecular weight excluding hydrogens is 372 g/mol. The summed E-state index contributed by atoms with van der Waals surface area (Å²) in [5, 5.41) is 4.37. The molecule has 3 rings (SSSR count). The number of hydrogen-bond donors (Lipinski definition) is 3. The molecule has 0 saturated carbocycles. The predicted octanol–water partition coefficient (Wildman–Crippen LogP) is 2.90. The summed E-state index contributed by atoms with van der Waals surface area (Å²) >= 11 is 2.64. The zero-order valence-corrected chi connectivity index (χ0v) is 16.0. The molecule has 26 heavy (non-hydrogen) atoms. The molecule has 1 aliphatic carbocycles. The number of aromatic nitrogens is 1. The largest absolute Gasteiger partial charge is 0.302 e. The minimum atomic E-state index is -0.527. The number of thiophene rings is 1. The quantitative estimate of drug-likeness (QED) is 0.699. The standard InChI is InChI=1S/C17H20N4O3S2/c1-10(22)18-17-19-12(9-25-17)15(23)20-21-16(24)14-8-11-6-4-2-3-5-7-13(11)26-14/h8-9H,2-7H2,1H3,(H,20,23)(H,21,24)(H,18,19,22). The zero-order valence-electron chi connectivity index (χ0n) is 14.4. The number of anilines is 1. The fourth-order valence-corrected chi connectivity index (χ4v) is 4.67. The summed E-state index contributed by atoms with van der Waals surface area (Å²) in [5.41, 5.74) is 6.20. The molecule has 0 fully saturated rings. The van der Waals surface area contributed by atoms with Gasteiger partial charge in [-0.1, -0.05) is 12.8 Å². The van der Waals surface area contributed by atoms with Gasteiger partial charge in [0.25, 0.3) is 11.8 Å². The van der Waals surface area contributed by atoms with Gasteiger partial charge in [-0.05, 0) is 37.3 Å². The molecule has 3 N–H and O–H groups in total. The zero-order chi connectivity index (χ0) is 18.5. The summed E-state index contributed by atoms with van der Waals surface area (Å²) in [5.74, 6) is -1.11. The molecule has 138 valence electrons. The molecule has 0 aromatic carbocycles. The summed E-state index contributed by atoms with van der Waals surface area (Å²) in [6.45, 7) is 1.37. The maximum atomic E-state index is 12.3. The molecule has 1 aliphatic rings. The number of hydrogen-bond acceptors (Lipinski definition) is 6. The van der Waals surface area contributed by atoms with E-state index in [1.807, 2.05) is 6.07 Å². The number of fused-ring (bicyclic) bond motifs is 1. The molecule has 0 radical (unpaired) electrons. The molecule has 0 aliphatic heterocycles. The minimum Gasteiger partial charge on any atom is -0.302 e. The average molecular weight is 393 g/mol. The molecule has 7 nitrogen and oxygen atoms in total. The number of aryl methyl sites for hydroxylation is 2. The van der Waals surface area contributed by atoms with Crippen LogP contribution in [0.1, 0.15) is 63.2 Å². The van der Waals surface area contributed by atoms with Crippen LogP contribution in [0.15, 0.2) is 11.4 Å². The Hall–Kier alpha value is -2.26. The van der Waals surface area contributed by atoms with Gasteiger partial charge in [0.1, 0.15) is 5.69 Å². The van der Waals surface area contributed by atoms with Gasteiger partial charge >= 0.3 is 0 Å². The Kier molecular flexibility index (Phi) is 6.00. The second-order valence-electron chi connectivity index (χ2n) is 6.10. The Morgan fingerprint density at radius 3 is 2.54 bits per heavy atom. The fourth-order valence-electron chi connectivity index (χ4n) is 2.78. The van der Waals surface area contributed by atoms with Crippen LogP contribution in [0.3, 0.4) is 0 Å². The molecular formula is C17H20N4O3S2. The summed E-state index contributed by atoms with van der Waals surface area (Å²) < 4.78 is 0. The lowest BCUT2D eigenvalue weighted by Crippen LogP contribution is -2.41. The molecule has 0 unspecified atom stereocenters. The van der Waals surface area contributed by atoms with Crippen LogP contribution in [-0.2, 0) is 17.6 Å². The SMILES string of the molecule is CC(=O)Nc1nc(C(=O)NNC(=O)c2cc3c(s2)CCCCCC3)cs1. The van der Waals surface area contributed by atoms with Crippen LogP contribution in [0, 0.1) is 0 Å². The van der Waals surface area contributed by atoms with Crippen LogP contribution < -0.4 is 16.2 Å². The van der Waals surface area contributed by atoms with Crippen molar-refractivity contribution in [2.24, 2.45) is 0 Å². The minimum absolute atomic E-state index is 0.137. The van der Waals surface area contributed by atoms with Gasteiger partial charge in [0.2, 0.25) is 5.91 Å². The smallest absolute Gasteiger partial charge is 0.289 e. The number of rotatable bonds is 3. The van der Waals surface area contributed by atoms with Gasteiger partial charge in [0, 0.05) is 17.2 Å². The van der Waals surface area contributed by atoms with Crippen molar-refractivity contribution in [1.29, 1.82) is 0 Å². The maximum absolute atomic E-state index is 12.3. The van der Waals surface area contributed by atoms with Crippen molar-refractivity contribution in [3.63, 3.8) is 0 Å². The number of nitrogens with zero attached hydrogens (tertiary/aromatic N) is 1. The van der Waals surface area contributed by atoms with Gasteiger partial charge in [0.15, 0.2) is 5.13 Å². The highest BCUT2D eigenvalue weighted by atomic mass is 32.1. The van der Waals surface area contributed by atoms with Crippen molar-refractivity contribution in [3.05, 3.63) is 32.5 Å². The first-order chi connectivity index (χ1) is 12.5. The first-order valence-corrected chi connectivity index (χ1v) is 10.2. The average Bonchev–Trinajstić information content (AvgIpc) is 3.19. The lowest BCUT2D eigenvalue weighted by Gasteiger charge is -2.07. The van der Waals surface area contributed by atoms with Crippen molar-refractivity contribution in [3.8, 4) is 0 Å². The van der Waals surface area contributed by atoms with Crippen LogP contribution >= 0.6 is 22.7 Å². The molecule has 2 aromatic rings. The van der Waals surface area contributed by atoms with Gasteiger partial charge in [0.05, 0.1) is 4.88 Å². The highest BCUT2D eigenvalue weighted by molar-refractivity contribution is 7.14. The Labute approximate surface area is 159 Å². The second kappa shape index (κ2) is 8.41. The first-order valence-electron chi connectivity index (χ1n) is 8.48. The number of thiazole rings is 1. The van der Waals surface area contributed by atoms with E-state index in [2.05, 4.69) is 21.2 Å². The number of hydrazine groups is 1. The molecule has 0 bridgehead atoms. The van der Waals surface area contributed by atoms with E-state index in [0.717, 1.165) is 37.0 Å². The Morgan fingerprint density at radius 1 is 1.04 bits per heavy atom. The first kappa shape index (κ1) is 18.5. The van der Waals surface area contributed by atoms with Crippen molar-refractivity contribution in [2.45, 2.75) is 45.4 Å². The molecule has 0 spiro atoms. The number of amides is 3. The summed E-state index contributed by atoms with van der Waals surface area (Å²) in [7, 11) is 0. The van der Waals surface area contributed by atoms with Crippen molar-refractivity contribution >= 4 is 45.5 Å². The van der Waals surface area contributed by atoms with E-state index in [1.54, 1.807) is 0 Å². The highest BCUT2D eigenvalue weighted by Gasteiger charge is 2.17. The van der Waals surface area contributed by atoms with Gasteiger partial charge in [-0.15, -0.1) is 22.7 Å². The summed E-state index contributed by atoms with van der Waals surface area (Å²) in [6, 6.07) is 1.94.